The van der Waals surface area contributed by atoms with Gasteiger partial charge in [-0.25, -0.2) is 0 Å². The van der Waals surface area contributed by atoms with Gasteiger partial charge in [-0.2, -0.15) is 0 Å². The van der Waals surface area contributed by atoms with E-state index in [1.54, 1.807) is 18.5 Å². The number of nitrogens with one attached hydrogen (secondary N) is 1. The molecular weight excluding hydrogens is 216 g/mol. The number of carbonyl (C=O) groups is 1. The second kappa shape index (κ2) is 4.14. The van der Waals surface area contributed by atoms with Crippen molar-refractivity contribution in [3.05, 3.63) is 35.9 Å². The minimum atomic E-state index is 0.351. The zero-order valence-electron chi connectivity index (χ0n) is 9.27. The van der Waals surface area contributed by atoms with E-state index in [0.29, 0.717) is 5.76 Å². The molecule has 0 fully saturated rings. The summed E-state index contributed by atoms with van der Waals surface area (Å²) in [5.74, 6) is 0.351. The highest BCUT2D eigenvalue weighted by Crippen LogP contribution is 2.28. The summed E-state index contributed by atoms with van der Waals surface area (Å²) < 4.78 is 5.53. The fourth-order valence-electron chi connectivity index (χ4n) is 2.14. The summed E-state index contributed by atoms with van der Waals surface area (Å²) in [7, 11) is 0. The second-order valence-electron chi connectivity index (χ2n) is 4.06. The van der Waals surface area contributed by atoms with Crippen molar-refractivity contribution in [2.45, 2.75) is 6.42 Å². The maximum absolute atomic E-state index is 10.7. The first-order chi connectivity index (χ1) is 8.38. The van der Waals surface area contributed by atoms with Crippen molar-refractivity contribution in [3.63, 3.8) is 0 Å². The van der Waals surface area contributed by atoms with Crippen molar-refractivity contribution in [1.29, 1.82) is 0 Å². The van der Waals surface area contributed by atoms with Crippen LogP contribution in [0.3, 0.4) is 0 Å². The zero-order chi connectivity index (χ0) is 11.7. The smallest absolute Gasteiger partial charge is 0.185 e. The molecule has 0 radical (unpaired) electrons. The molecule has 1 N–H and O–H groups in total. The molecule has 1 aliphatic heterocycles. The lowest BCUT2D eigenvalue weighted by Gasteiger charge is -2.13. The minimum Gasteiger partial charge on any atom is -0.453 e. The fourth-order valence-corrected chi connectivity index (χ4v) is 2.14. The van der Waals surface area contributed by atoms with E-state index in [1.165, 1.54) is 5.57 Å². The van der Waals surface area contributed by atoms with Gasteiger partial charge in [-0.1, -0.05) is 6.08 Å². The molecule has 1 aliphatic rings. The van der Waals surface area contributed by atoms with Gasteiger partial charge in [0, 0.05) is 29.9 Å². The number of pyridine rings is 1. The number of furan rings is 1. The van der Waals surface area contributed by atoms with Gasteiger partial charge in [-0.3, -0.25) is 9.78 Å². The van der Waals surface area contributed by atoms with Crippen LogP contribution in [0.15, 0.2) is 29.0 Å². The van der Waals surface area contributed by atoms with Crippen LogP contribution in [0.4, 0.5) is 0 Å². The molecule has 17 heavy (non-hydrogen) atoms. The third-order valence-electron chi connectivity index (χ3n) is 2.97. The Balaban J connectivity index is 2.18. The zero-order valence-corrected chi connectivity index (χ0v) is 9.27. The Morgan fingerprint density at radius 1 is 1.41 bits per heavy atom. The highest BCUT2D eigenvalue weighted by atomic mass is 16.3. The first-order valence-electron chi connectivity index (χ1n) is 5.61. The van der Waals surface area contributed by atoms with Crippen LogP contribution in [0.2, 0.25) is 0 Å². The molecule has 2 aromatic heterocycles. The van der Waals surface area contributed by atoms with Gasteiger partial charge in [-0.05, 0) is 24.6 Å². The average molecular weight is 228 g/mol. The van der Waals surface area contributed by atoms with Crippen molar-refractivity contribution < 1.29 is 9.21 Å². The van der Waals surface area contributed by atoms with Crippen LogP contribution in [-0.4, -0.2) is 24.4 Å². The number of hydrogen-bond donors (Lipinski definition) is 1. The monoisotopic (exact) mass is 228 g/mol. The molecule has 3 heterocycles. The van der Waals surface area contributed by atoms with Crippen molar-refractivity contribution in [3.8, 4) is 0 Å². The number of fused-ring (bicyclic) bond motifs is 1. The summed E-state index contributed by atoms with van der Waals surface area (Å²) in [4.78, 5) is 14.9. The van der Waals surface area contributed by atoms with Crippen LogP contribution in [0.25, 0.3) is 16.5 Å². The summed E-state index contributed by atoms with van der Waals surface area (Å²) >= 11 is 0. The topological polar surface area (TPSA) is 55.1 Å². The quantitative estimate of drug-likeness (QED) is 0.799. The molecule has 0 amide bonds. The average Bonchev–Trinajstić information content (AvgIpc) is 2.82. The number of aldehydes is 1. The van der Waals surface area contributed by atoms with Crippen LogP contribution in [0.5, 0.6) is 0 Å². The molecule has 0 bridgehead atoms. The third kappa shape index (κ3) is 1.76. The summed E-state index contributed by atoms with van der Waals surface area (Å²) in [5, 5.41) is 4.14. The van der Waals surface area contributed by atoms with E-state index < -0.39 is 0 Å². The maximum Gasteiger partial charge on any atom is 0.185 e. The Morgan fingerprint density at radius 3 is 3.12 bits per heavy atom. The Labute approximate surface area is 98.3 Å². The van der Waals surface area contributed by atoms with Gasteiger partial charge in [-0.15, -0.1) is 0 Å². The third-order valence-corrected chi connectivity index (χ3v) is 2.97. The summed E-state index contributed by atoms with van der Waals surface area (Å²) in [6.45, 7) is 1.83. The molecule has 2 aromatic rings. The second-order valence-corrected chi connectivity index (χ2v) is 4.06. The Hall–Kier alpha value is -1.94. The van der Waals surface area contributed by atoms with Crippen LogP contribution < -0.4 is 5.32 Å². The predicted molar refractivity (Wildman–Crippen MR) is 64.9 cm³/mol. The first kappa shape index (κ1) is 10.2. The Bertz CT molecular complexity index is 598. The van der Waals surface area contributed by atoms with E-state index >= 15 is 0 Å². The summed E-state index contributed by atoms with van der Waals surface area (Å²) in [5.41, 5.74) is 2.99. The van der Waals surface area contributed by atoms with Crippen molar-refractivity contribution in [2.75, 3.05) is 13.1 Å². The molecule has 0 spiro atoms. The minimum absolute atomic E-state index is 0.351. The van der Waals surface area contributed by atoms with Gasteiger partial charge in [0.25, 0.3) is 0 Å². The van der Waals surface area contributed by atoms with Gasteiger partial charge in [0.1, 0.15) is 5.58 Å². The van der Waals surface area contributed by atoms with Gasteiger partial charge < -0.3 is 9.73 Å². The maximum atomic E-state index is 10.7. The lowest BCUT2D eigenvalue weighted by Crippen LogP contribution is -2.20. The molecule has 86 valence electrons. The molecule has 0 aromatic carbocycles. The number of aromatic nitrogens is 1. The van der Waals surface area contributed by atoms with E-state index in [1.807, 2.05) is 0 Å². The number of nitrogens with zero attached hydrogens (tertiary/aromatic N) is 1. The highest BCUT2D eigenvalue weighted by Gasteiger charge is 2.13. The highest BCUT2D eigenvalue weighted by molar-refractivity contribution is 5.92. The fraction of sp³-hybridized carbons (Fsp3) is 0.231. The van der Waals surface area contributed by atoms with E-state index in [-0.39, 0.29) is 0 Å². The molecule has 0 unspecified atom stereocenters. The summed E-state index contributed by atoms with van der Waals surface area (Å²) in [6.07, 6.45) is 7.34. The molecule has 0 atom stereocenters. The largest absolute Gasteiger partial charge is 0.453 e. The number of rotatable bonds is 2. The van der Waals surface area contributed by atoms with Crippen molar-refractivity contribution >= 4 is 22.8 Å². The lowest BCUT2D eigenvalue weighted by molar-refractivity contribution is 0.110. The van der Waals surface area contributed by atoms with Gasteiger partial charge >= 0.3 is 0 Å². The van der Waals surface area contributed by atoms with Gasteiger partial charge in [0.05, 0.1) is 0 Å². The molecule has 0 saturated carbocycles. The van der Waals surface area contributed by atoms with E-state index in [2.05, 4.69) is 16.4 Å². The first-order valence-corrected chi connectivity index (χ1v) is 5.61. The normalized spacial score (nSPS) is 15.9. The molecule has 4 heteroatoms. The van der Waals surface area contributed by atoms with E-state index in [0.717, 1.165) is 42.3 Å². The van der Waals surface area contributed by atoms with E-state index in [9.17, 15) is 4.79 Å². The summed E-state index contributed by atoms with van der Waals surface area (Å²) in [6, 6.07) is 1.72. The molecule has 4 nitrogen and oxygen atoms in total. The Morgan fingerprint density at radius 2 is 2.35 bits per heavy atom. The van der Waals surface area contributed by atoms with Crippen LogP contribution in [-0.2, 0) is 0 Å². The van der Waals surface area contributed by atoms with Crippen LogP contribution in [0.1, 0.15) is 22.5 Å². The van der Waals surface area contributed by atoms with E-state index in [4.69, 9.17) is 4.42 Å². The van der Waals surface area contributed by atoms with Crippen molar-refractivity contribution in [1.82, 2.24) is 10.3 Å². The molecule has 3 rings (SSSR count). The van der Waals surface area contributed by atoms with Crippen LogP contribution in [0, 0.1) is 0 Å². The van der Waals surface area contributed by atoms with Gasteiger partial charge in [0.15, 0.2) is 12.0 Å². The molecule has 0 saturated heterocycles. The Kier molecular flexibility index (Phi) is 2.49. The molecule has 0 aliphatic carbocycles. The number of hydrogen-bond acceptors (Lipinski definition) is 4. The predicted octanol–water partition coefficient (Wildman–Crippen LogP) is 2.02. The van der Waals surface area contributed by atoms with Crippen molar-refractivity contribution in [2.24, 2.45) is 0 Å². The number of carbonyl (C=O) groups excluding carboxylic acids is 1. The molecular formula is C13H12N2O2. The van der Waals surface area contributed by atoms with Gasteiger partial charge in [0.2, 0.25) is 0 Å². The van der Waals surface area contributed by atoms with Crippen LogP contribution >= 0.6 is 0 Å². The lowest BCUT2D eigenvalue weighted by atomic mass is 10.0. The SMILES string of the molecule is O=Cc1cc2cncc(C3=CCNCC3)c2o1. The standard InChI is InChI=1S/C13H12N2O2/c16-8-11-5-10-6-15-7-12(13(10)17-11)9-1-3-14-4-2-9/h1,5-8,14H,2-4H2.